The Morgan fingerprint density at radius 2 is 1.72 bits per heavy atom. The number of carbonyl (C=O) groups excluding carboxylic acids is 1. The largest absolute Gasteiger partial charge is 0.497 e. The fraction of sp³-hybridized carbons (Fsp3) is 0.316. The van der Waals surface area contributed by atoms with Crippen LogP contribution in [0, 0.1) is 5.82 Å². The number of halogens is 1. The van der Waals surface area contributed by atoms with E-state index in [1.165, 1.54) is 44.6 Å². The van der Waals surface area contributed by atoms with Gasteiger partial charge in [-0.2, -0.15) is 0 Å². The Morgan fingerprint density at radius 3 is 2.31 bits per heavy atom. The highest BCUT2D eigenvalue weighted by Crippen LogP contribution is 2.33. The number of ether oxygens (including phenoxy) is 3. The zero-order valence-electron chi connectivity index (χ0n) is 16.3. The standard InChI is InChI=1S/C19H23FN2O6S/c1-26-16-8-9-18(27-2)17(12-16)22(29(3,24)25)13-19(23)21-10-11-28-15-6-4-14(20)5-7-15/h4-9,12H,10-11,13H2,1-3H3,(H,21,23). The molecule has 0 atom stereocenters. The molecule has 0 fully saturated rings. The van der Waals surface area contributed by atoms with Gasteiger partial charge in [0.05, 0.1) is 32.7 Å². The molecular weight excluding hydrogens is 403 g/mol. The van der Waals surface area contributed by atoms with Crippen molar-refractivity contribution in [2.45, 2.75) is 0 Å². The predicted octanol–water partition coefficient (Wildman–Crippen LogP) is 1.80. The number of amides is 1. The van der Waals surface area contributed by atoms with E-state index < -0.39 is 22.5 Å². The number of nitrogens with zero attached hydrogens (tertiary/aromatic N) is 1. The molecule has 2 aromatic carbocycles. The lowest BCUT2D eigenvalue weighted by atomic mass is 10.2. The van der Waals surface area contributed by atoms with Crippen molar-refractivity contribution in [1.82, 2.24) is 5.32 Å². The van der Waals surface area contributed by atoms with Crippen LogP contribution < -0.4 is 23.8 Å². The van der Waals surface area contributed by atoms with E-state index in [2.05, 4.69) is 5.32 Å². The molecule has 0 saturated heterocycles. The molecule has 0 aromatic heterocycles. The molecule has 158 valence electrons. The third kappa shape index (κ3) is 6.53. The fourth-order valence-electron chi connectivity index (χ4n) is 2.45. The first kappa shape index (κ1) is 22.3. The van der Waals surface area contributed by atoms with Gasteiger partial charge in [0.1, 0.15) is 36.2 Å². The highest BCUT2D eigenvalue weighted by molar-refractivity contribution is 7.92. The van der Waals surface area contributed by atoms with E-state index in [0.717, 1.165) is 10.6 Å². The van der Waals surface area contributed by atoms with Crippen LogP contribution in [0.3, 0.4) is 0 Å². The molecular formula is C19H23FN2O6S. The molecule has 0 aliphatic rings. The van der Waals surface area contributed by atoms with Crippen LogP contribution in [-0.4, -0.2) is 54.5 Å². The highest BCUT2D eigenvalue weighted by atomic mass is 32.2. The first-order valence-electron chi connectivity index (χ1n) is 8.59. The molecule has 2 rings (SSSR count). The third-order valence-corrected chi connectivity index (χ3v) is 4.98. The van der Waals surface area contributed by atoms with E-state index in [-0.39, 0.29) is 30.4 Å². The molecule has 1 amide bonds. The van der Waals surface area contributed by atoms with Crippen LogP contribution in [0.5, 0.6) is 17.2 Å². The number of benzene rings is 2. The summed E-state index contributed by atoms with van der Waals surface area (Å²) in [6.45, 7) is -0.166. The average Bonchev–Trinajstić information content (AvgIpc) is 2.69. The highest BCUT2D eigenvalue weighted by Gasteiger charge is 2.24. The van der Waals surface area contributed by atoms with E-state index in [1.807, 2.05) is 0 Å². The maximum atomic E-state index is 12.9. The van der Waals surface area contributed by atoms with Gasteiger partial charge in [-0.3, -0.25) is 9.10 Å². The van der Waals surface area contributed by atoms with E-state index in [4.69, 9.17) is 14.2 Å². The molecule has 0 spiro atoms. The minimum Gasteiger partial charge on any atom is -0.497 e. The average molecular weight is 426 g/mol. The van der Waals surface area contributed by atoms with Crippen molar-refractivity contribution in [3.05, 3.63) is 48.3 Å². The maximum Gasteiger partial charge on any atom is 0.240 e. The summed E-state index contributed by atoms with van der Waals surface area (Å²) in [5, 5.41) is 2.59. The Morgan fingerprint density at radius 1 is 1.07 bits per heavy atom. The second-order valence-corrected chi connectivity index (χ2v) is 7.87. The summed E-state index contributed by atoms with van der Waals surface area (Å²) in [6.07, 6.45) is 0.997. The molecule has 0 saturated carbocycles. The zero-order valence-corrected chi connectivity index (χ0v) is 17.2. The Balaban J connectivity index is 2.01. The molecule has 10 heteroatoms. The summed E-state index contributed by atoms with van der Waals surface area (Å²) in [4.78, 5) is 12.3. The molecule has 2 aromatic rings. The summed E-state index contributed by atoms with van der Waals surface area (Å²) >= 11 is 0. The monoisotopic (exact) mass is 426 g/mol. The molecule has 0 aliphatic heterocycles. The van der Waals surface area contributed by atoms with Gasteiger partial charge in [0.2, 0.25) is 15.9 Å². The summed E-state index contributed by atoms with van der Waals surface area (Å²) in [6, 6.07) is 10.1. The smallest absolute Gasteiger partial charge is 0.240 e. The van der Waals surface area contributed by atoms with E-state index in [9.17, 15) is 17.6 Å². The van der Waals surface area contributed by atoms with E-state index >= 15 is 0 Å². The van der Waals surface area contributed by atoms with Crippen LogP contribution in [0.4, 0.5) is 10.1 Å². The summed E-state index contributed by atoms with van der Waals surface area (Å²) in [7, 11) is -0.928. The Labute approximate surface area is 169 Å². The summed E-state index contributed by atoms with van der Waals surface area (Å²) in [5.41, 5.74) is 0.187. The van der Waals surface area contributed by atoms with Crippen LogP contribution in [0.25, 0.3) is 0 Å². The molecule has 0 radical (unpaired) electrons. The second-order valence-electron chi connectivity index (χ2n) is 5.96. The van der Waals surface area contributed by atoms with Crippen molar-refractivity contribution >= 4 is 21.6 Å². The number of hydrogen-bond acceptors (Lipinski definition) is 6. The minimum atomic E-state index is -3.78. The van der Waals surface area contributed by atoms with Gasteiger partial charge in [0.25, 0.3) is 0 Å². The van der Waals surface area contributed by atoms with Gasteiger partial charge in [-0.15, -0.1) is 0 Å². The Kier molecular flexibility index (Phi) is 7.66. The van der Waals surface area contributed by atoms with Gasteiger partial charge >= 0.3 is 0 Å². The van der Waals surface area contributed by atoms with Gasteiger partial charge in [0, 0.05) is 6.07 Å². The molecule has 8 nitrogen and oxygen atoms in total. The number of carbonyl (C=O) groups is 1. The summed E-state index contributed by atoms with van der Waals surface area (Å²) in [5.74, 6) is 0.258. The lowest BCUT2D eigenvalue weighted by Crippen LogP contribution is -2.41. The molecule has 0 bridgehead atoms. The van der Waals surface area contributed by atoms with Gasteiger partial charge in [-0.1, -0.05) is 0 Å². The molecule has 0 unspecified atom stereocenters. The van der Waals surface area contributed by atoms with Crippen LogP contribution in [0.15, 0.2) is 42.5 Å². The number of rotatable bonds is 10. The quantitative estimate of drug-likeness (QED) is 0.583. The van der Waals surface area contributed by atoms with Crippen molar-refractivity contribution in [3.8, 4) is 17.2 Å². The van der Waals surface area contributed by atoms with Gasteiger partial charge in [-0.05, 0) is 36.4 Å². The minimum absolute atomic E-state index is 0.138. The first-order valence-corrected chi connectivity index (χ1v) is 10.4. The fourth-order valence-corrected chi connectivity index (χ4v) is 3.30. The number of nitrogens with one attached hydrogen (secondary N) is 1. The molecule has 0 heterocycles. The molecule has 29 heavy (non-hydrogen) atoms. The molecule has 1 N–H and O–H groups in total. The van der Waals surface area contributed by atoms with Gasteiger partial charge in [-0.25, -0.2) is 12.8 Å². The van der Waals surface area contributed by atoms with Crippen LogP contribution in [0.1, 0.15) is 0 Å². The van der Waals surface area contributed by atoms with Gasteiger partial charge < -0.3 is 19.5 Å². The number of methoxy groups -OCH3 is 2. The van der Waals surface area contributed by atoms with Crippen molar-refractivity contribution in [1.29, 1.82) is 0 Å². The van der Waals surface area contributed by atoms with Crippen LogP contribution in [0.2, 0.25) is 0 Å². The van der Waals surface area contributed by atoms with Crippen molar-refractivity contribution in [3.63, 3.8) is 0 Å². The van der Waals surface area contributed by atoms with E-state index in [1.54, 1.807) is 12.1 Å². The van der Waals surface area contributed by atoms with Crippen molar-refractivity contribution in [2.24, 2.45) is 0 Å². The third-order valence-electron chi connectivity index (χ3n) is 3.85. The normalized spacial score (nSPS) is 10.9. The lowest BCUT2D eigenvalue weighted by molar-refractivity contribution is -0.119. The van der Waals surface area contributed by atoms with Crippen molar-refractivity contribution in [2.75, 3.05) is 44.5 Å². The van der Waals surface area contributed by atoms with Crippen LogP contribution >= 0.6 is 0 Å². The number of sulfonamides is 1. The second kappa shape index (κ2) is 9.97. The number of hydrogen-bond donors (Lipinski definition) is 1. The Hall–Kier alpha value is -3.01. The lowest BCUT2D eigenvalue weighted by Gasteiger charge is -2.24. The topological polar surface area (TPSA) is 94.2 Å². The van der Waals surface area contributed by atoms with Gasteiger partial charge in [0.15, 0.2) is 0 Å². The summed E-state index contributed by atoms with van der Waals surface area (Å²) < 4.78 is 54.1. The van der Waals surface area contributed by atoms with Crippen molar-refractivity contribution < 1.29 is 31.8 Å². The first-order chi connectivity index (χ1) is 13.7. The SMILES string of the molecule is COc1ccc(OC)c(N(CC(=O)NCCOc2ccc(F)cc2)S(C)(=O)=O)c1. The number of anilines is 1. The van der Waals surface area contributed by atoms with E-state index in [0.29, 0.717) is 11.5 Å². The predicted molar refractivity (Wildman–Crippen MR) is 107 cm³/mol. The Bertz CT molecular complexity index is 934. The molecule has 0 aliphatic carbocycles. The van der Waals surface area contributed by atoms with Crippen LogP contribution in [-0.2, 0) is 14.8 Å². The zero-order chi connectivity index (χ0) is 21.4. The maximum absolute atomic E-state index is 12.9.